The van der Waals surface area contributed by atoms with Gasteiger partial charge in [0.25, 0.3) is 0 Å². The molecule has 154 valence electrons. The van der Waals surface area contributed by atoms with Gasteiger partial charge in [-0.3, -0.25) is 0 Å². The van der Waals surface area contributed by atoms with Gasteiger partial charge in [-0.25, -0.2) is 4.79 Å². The third-order valence-corrected chi connectivity index (χ3v) is 6.45. The molecule has 0 radical (unpaired) electrons. The minimum absolute atomic E-state index is 0.538. The molecule has 30 heavy (non-hydrogen) atoms. The first-order valence-corrected chi connectivity index (χ1v) is 11.1. The number of carboxylic acid groups (broad SMARTS) is 1. The van der Waals surface area contributed by atoms with E-state index in [-0.39, 0.29) is 0 Å². The molecule has 0 aromatic heterocycles. The molecule has 0 heterocycles. The number of thioether (sulfide) groups is 1. The first-order chi connectivity index (χ1) is 14.5. The fourth-order valence-electron chi connectivity index (χ4n) is 2.72. The van der Waals surface area contributed by atoms with Crippen molar-refractivity contribution in [3.63, 3.8) is 0 Å². The monoisotopic (exact) mass is 503 g/mol. The van der Waals surface area contributed by atoms with Gasteiger partial charge in [0.1, 0.15) is 5.75 Å². The van der Waals surface area contributed by atoms with Crippen molar-refractivity contribution >= 4 is 62.7 Å². The van der Waals surface area contributed by atoms with Crippen molar-refractivity contribution in [3.05, 3.63) is 87.4 Å². The fraction of sp³-hybridized carbons (Fsp3) is 0.0870. The van der Waals surface area contributed by atoms with Crippen LogP contribution in [0, 0.1) is 0 Å². The molecule has 0 aliphatic carbocycles. The predicted octanol–water partition coefficient (Wildman–Crippen LogP) is 7.24. The van der Waals surface area contributed by atoms with Gasteiger partial charge in [0, 0.05) is 33.0 Å². The summed E-state index contributed by atoms with van der Waals surface area (Å²) in [6.07, 6.45) is 2.70. The number of nitrogens with one attached hydrogen (secondary N) is 1. The lowest BCUT2D eigenvalue weighted by molar-refractivity contribution is -0.131. The Bertz CT molecular complexity index is 1070. The van der Waals surface area contributed by atoms with Gasteiger partial charge < -0.3 is 15.2 Å². The van der Waals surface area contributed by atoms with Crippen LogP contribution in [0.2, 0.25) is 5.02 Å². The van der Waals surface area contributed by atoms with Crippen LogP contribution in [0.1, 0.15) is 11.1 Å². The molecule has 0 atom stereocenters. The molecule has 0 amide bonds. The Balaban J connectivity index is 1.90. The molecule has 2 N–H and O–H groups in total. The maximum absolute atomic E-state index is 11.1. The van der Waals surface area contributed by atoms with Gasteiger partial charge in [0.2, 0.25) is 0 Å². The summed E-state index contributed by atoms with van der Waals surface area (Å²) in [5.74, 6) is 0.405. The standard InChI is InChI=1S/C23H19BrClNO3S/c1-29-22-13-19(25)18(24)12-21(22)26-20-9-8-17(11-16(20)7-10-23(27)28)30-14-15-5-3-2-4-6-15/h2-13,26H,14H2,1H3,(H,27,28). The van der Waals surface area contributed by atoms with Crippen molar-refractivity contribution in [1.29, 1.82) is 0 Å². The lowest BCUT2D eigenvalue weighted by atomic mass is 10.1. The molecule has 7 heteroatoms. The summed E-state index contributed by atoms with van der Waals surface area (Å²) >= 11 is 11.3. The van der Waals surface area contributed by atoms with Crippen molar-refractivity contribution in [2.24, 2.45) is 0 Å². The molecule has 0 spiro atoms. The number of carboxylic acids is 1. The molecule has 4 nitrogen and oxygen atoms in total. The van der Waals surface area contributed by atoms with Crippen molar-refractivity contribution in [2.45, 2.75) is 10.6 Å². The number of rotatable bonds is 8. The minimum atomic E-state index is -1.00. The summed E-state index contributed by atoms with van der Waals surface area (Å²) in [5, 5.41) is 12.9. The topological polar surface area (TPSA) is 58.6 Å². The summed E-state index contributed by atoms with van der Waals surface area (Å²) in [6, 6.07) is 19.6. The summed E-state index contributed by atoms with van der Waals surface area (Å²) in [7, 11) is 1.57. The summed E-state index contributed by atoms with van der Waals surface area (Å²) in [6.45, 7) is 0. The van der Waals surface area contributed by atoms with E-state index in [9.17, 15) is 4.79 Å². The zero-order chi connectivity index (χ0) is 21.5. The van der Waals surface area contributed by atoms with Crippen LogP contribution in [0.4, 0.5) is 11.4 Å². The smallest absolute Gasteiger partial charge is 0.328 e. The number of halogens is 2. The van der Waals surface area contributed by atoms with Crippen LogP contribution < -0.4 is 10.1 Å². The highest BCUT2D eigenvalue weighted by atomic mass is 79.9. The molecule has 3 aromatic carbocycles. The Labute approximate surface area is 193 Å². The largest absolute Gasteiger partial charge is 0.495 e. The van der Waals surface area contributed by atoms with Gasteiger partial charge in [0.05, 0.1) is 17.8 Å². The maximum Gasteiger partial charge on any atom is 0.328 e. The average Bonchev–Trinajstić information content (AvgIpc) is 2.75. The highest BCUT2D eigenvalue weighted by Gasteiger charge is 2.11. The highest BCUT2D eigenvalue weighted by Crippen LogP contribution is 2.37. The zero-order valence-electron chi connectivity index (χ0n) is 16.1. The number of ether oxygens (including phenoxy) is 1. The third kappa shape index (κ3) is 6.05. The summed E-state index contributed by atoms with van der Waals surface area (Å²) in [4.78, 5) is 12.1. The van der Waals surface area contributed by atoms with E-state index in [2.05, 4.69) is 33.4 Å². The second-order valence-corrected chi connectivity index (χ2v) is 8.60. The van der Waals surface area contributed by atoms with Gasteiger partial charge in [-0.15, -0.1) is 11.8 Å². The number of hydrogen-bond donors (Lipinski definition) is 2. The number of anilines is 2. The second-order valence-electron chi connectivity index (χ2n) is 6.29. The van der Waals surface area contributed by atoms with E-state index < -0.39 is 5.97 Å². The van der Waals surface area contributed by atoms with E-state index in [1.165, 1.54) is 5.56 Å². The lowest BCUT2D eigenvalue weighted by Gasteiger charge is -2.15. The molecule has 3 rings (SSSR count). The van der Waals surface area contributed by atoms with Gasteiger partial charge in [-0.2, -0.15) is 0 Å². The van der Waals surface area contributed by atoms with Gasteiger partial charge >= 0.3 is 5.97 Å². The number of benzene rings is 3. The van der Waals surface area contributed by atoms with Crippen LogP contribution in [-0.2, 0) is 10.5 Å². The third-order valence-electron chi connectivity index (χ3n) is 4.19. The SMILES string of the molecule is COc1cc(Cl)c(Br)cc1Nc1ccc(SCc2ccccc2)cc1C=CC(=O)O. The van der Waals surface area contributed by atoms with E-state index in [1.54, 1.807) is 31.0 Å². The quantitative estimate of drug-likeness (QED) is 0.250. The van der Waals surface area contributed by atoms with Crippen LogP contribution in [0.3, 0.4) is 0 Å². The first-order valence-electron chi connectivity index (χ1n) is 8.98. The van der Waals surface area contributed by atoms with Crippen LogP contribution in [0.15, 0.2) is 76.1 Å². The molecule has 0 aliphatic rings. The fourth-order valence-corrected chi connectivity index (χ4v) is 4.12. The van der Waals surface area contributed by atoms with Crippen molar-refractivity contribution in [2.75, 3.05) is 12.4 Å². The molecular formula is C23H19BrClNO3S. The Kier molecular flexibility index (Phi) is 7.85. The molecule has 0 fully saturated rings. The number of methoxy groups -OCH3 is 1. The van der Waals surface area contributed by atoms with Crippen LogP contribution >= 0.6 is 39.3 Å². The van der Waals surface area contributed by atoms with Crippen molar-refractivity contribution in [1.82, 2.24) is 0 Å². The molecule has 0 saturated carbocycles. The Morgan fingerprint density at radius 3 is 2.63 bits per heavy atom. The predicted molar refractivity (Wildman–Crippen MR) is 128 cm³/mol. The molecule has 0 unspecified atom stereocenters. The Hall–Kier alpha value is -2.41. The van der Waals surface area contributed by atoms with E-state index in [4.69, 9.17) is 21.4 Å². The van der Waals surface area contributed by atoms with E-state index in [0.717, 1.165) is 32.4 Å². The van der Waals surface area contributed by atoms with Crippen LogP contribution in [-0.4, -0.2) is 18.2 Å². The molecule has 0 saturated heterocycles. The number of carbonyl (C=O) groups is 1. The van der Waals surface area contributed by atoms with Gasteiger partial charge in [-0.05, 0) is 57.4 Å². The lowest BCUT2D eigenvalue weighted by Crippen LogP contribution is -1.98. The van der Waals surface area contributed by atoms with Crippen molar-refractivity contribution < 1.29 is 14.6 Å². The Morgan fingerprint density at radius 1 is 1.17 bits per heavy atom. The van der Waals surface area contributed by atoms with Gasteiger partial charge in [-0.1, -0.05) is 41.9 Å². The zero-order valence-corrected chi connectivity index (χ0v) is 19.2. The Morgan fingerprint density at radius 2 is 1.93 bits per heavy atom. The van der Waals surface area contributed by atoms with Crippen LogP contribution in [0.25, 0.3) is 6.08 Å². The summed E-state index contributed by atoms with van der Waals surface area (Å²) < 4.78 is 6.15. The van der Waals surface area contributed by atoms with E-state index in [0.29, 0.717) is 16.5 Å². The first kappa shape index (κ1) is 22.3. The minimum Gasteiger partial charge on any atom is -0.495 e. The maximum atomic E-state index is 11.1. The van der Waals surface area contributed by atoms with Crippen molar-refractivity contribution in [3.8, 4) is 5.75 Å². The molecular weight excluding hydrogens is 486 g/mol. The summed E-state index contributed by atoms with van der Waals surface area (Å²) in [5.41, 5.74) is 3.44. The van der Waals surface area contributed by atoms with Gasteiger partial charge in [0.15, 0.2) is 0 Å². The molecule has 3 aromatic rings. The van der Waals surface area contributed by atoms with Crippen LogP contribution in [0.5, 0.6) is 5.75 Å². The molecule has 0 bridgehead atoms. The number of hydrogen-bond acceptors (Lipinski definition) is 4. The molecule has 0 aliphatic heterocycles. The highest BCUT2D eigenvalue weighted by molar-refractivity contribution is 9.10. The average molecular weight is 505 g/mol. The van der Waals surface area contributed by atoms with E-state index >= 15 is 0 Å². The van der Waals surface area contributed by atoms with E-state index in [1.807, 2.05) is 42.5 Å². The number of aliphatic carboxylic acids is 1. The normalized spacial score (nSPS) is 10.9. The second kappa shape index (κ2) is 10.6.